The standard InChI is InChI=1S/C14H30O3Si/c1-6-10-11-12-13-14(5)17-18(9-4,15-7-2)16-8-3/h12-14H,6-11H2,1-5H3. The molecule has 0 spiro atoms. The Hall–Kier alpha value is -0.163. The SMILES string of the molecule is CCCCC=CC(C)O[Si](CC)(OCC)OCC. The van der Waals surface area contributed by atoms with E-state index in [4.69, 9.17) is 13.3 Å². The number of unbranched alkanes of at least 4 members (excludes halogenated alkanes) is 2. The van der Waals surface area contributed by atoms with Gasteiger partial charge in [-0.2, -0.15) is 0 Å². The summed E-state index contributed by atoms with van der Waals surface area (Å²) in [5, 5.41) is 0. The topological polar surface area (TPSA) is 27.7 Å². The van der Waals surface area contributed by atoms with Crippen molar-refractivity contribution in [3.05, 3.63) is 12.2 Å². The van der Waals surface area contributed by atoms with E-state index in [9.17, 15) is 0 Å². The zero-order valence-electron chi connectivity index (χ0n) is 12.7. The van der Waals surface area contributed by atoms with Crippen molar-refractivity contribution in [1.82, 2.24) is 0 Å². The summed E-state index contributed by atoms with van der Waals surface area (Å²) in [7, 11) is -2.45. The lowest BCUT2D eigenvalue weighted by Crippen LogP contribution is -2.47. The van der Waals surface area contributed by atoms with Gasteiger partial charge in [-0.1, -0.05) is 38.8 Å². The Kier molecular flexibility index (Phi) is 10.6. The average molecular weight is 274 g/mol. The van der Waals surface area contributed by atoms with Crippen LogP contribution < -0.4 is 0 Å². The van der Waals surface area contributed by atoms with Crippen LogP contribution >= 0.6 is 0 Å². The third kappa shape index (κ3) is 7.31. The van der Waals surface area contributed by atoms with Gasteiger partial charge in [0, 0.05) is 19.3 Å². The second kappa shape index (κ2) is 10.7. The first-order valence-electron chi connectivity index (χ1n) is 7.26. The molecular formula is C14H30O3Si. The van der Waals surface area contributed by atoms with Gasteiger partial charge in [0.2, 0.25) is 0 Å². The molecule has 0 aliphatic carbocycles. The van der Waals surface area contributed by atoms with Crippen LogP contribution in [0.5, 0.6) is 0 Å². The van der Waals surface area contributed by atoms with E-state index in [1.54, 1.807) is 0 Å². The molecule has 0 bridgehead atoms. The number of rotatable bonds is 11. The fourth-order valence-corrected chi connectivity index (χ4v) is 4.09. The summed E-state index contributed by atoms with van der Waals surface area (Å²) in [6.45, 7) is 11.6. The van der Waals surface area contributed by atoms with Gasteiger partial charge in [-0.05, 0) is 27.2 Å². The molecule has 1 atom stereocenters. The second-order valence-electron chi connectivity index (χ2n) is 4.30. The molecular weight excluding hydrogens is 244 g/mol. The summed E-state index contributed by atoms with van der Waals surface area (Å²) in [6.07, 6.45) is 7.95. The van der Waals surface area contributed by atoms with Crippen LogP contribution in [0.25, 0.3) is 0 Å². The first-order chi connectivity index (χ1) is 8.64. The number of hydrogen-bond acceptors (Lipinski definition) is 3. The zero-order chi connectivity index (χ0) is 13.9. The third-order valence-corrected chi connectivity index (χ3v) is 5.71. The Labute approximate surface area is 114 Å². The lowest BCUT2D eigenvalue weighted by Gasteiger charge is -2.29. The Morgan fingerprint density at radius 2 is 1.67 bits per heavy atom. The predicted molar refractivity (Wildman–Crippen MR) is 78.7 cm³/mol. The van der Waals surface area contributed by atoms with Crippen LogP contribution in [0.4, 0.5) is 0 Å². The summed E-state index contributed by atoms with van der Waals surface area (Å²) in [6, 6.07) is 0.821. The minimum absolute atomic E-state index is 0.0616. The molecule has 0 radical (unpaired) electrons. The minimum Gasteiger partial charge on any atom is -0.374 e. The molecule has 0 aromatic heterocycles. The van der Waals surface area contributed by atoms with Crippen molar-refractivity contribution in [1.29, 1.82) is 0 Å². The molecule has 0 aliphatic heterocycles. The molecule has 3 nitrogen and oxygen atoms in total. The van der Waals surface area contributed by atoms with E-state index < -0.39 is 8.80 Å². The molecule has 0 saturated carbocycles. The molecule has 0 N–H and O–H groups in total. The largest absolute Gasteiger partial charge is 0.501 e. The molecule has 0 aromatic carbocycles. The van der Waals surface area contributed by atoms with E-state index in [1.165, 1.54) is 12.8 Å². The molecule has 0 fully saturated rings. The lowest BCUT2D eigenvalue weighted by atomic mass is 10.2. The average Bonchev–Trinajstić information content (AvgIpc) is 2.35. The first-order valence-corrected chi connectivity index (χ1v) is 9.19. The molecule has 0 heterocycles. The van der Waals surface area contributed by atoms with Crippen molar-refractivity contribution in [2.24, 2.45) is 0 Å². The highest BCUT2D eigenvalue weighted by Gasteiger charge is 2.39. The van der Waals surface area contributed by atoms with Crippen LogP contribution in [-0.4, -0.2) is 28.1 Å². The predicted octanol–water partition coefficient (Wildman–Crippen LogP) is 4.17. The molecule has 0 amide bonds. The van der Waals surface area contributed by atoms with Crippen molar-refractivity contribution < 1.29 is 13.3 Å². The van der Waals surface area contributed by atoms with Crippen LogP contribution in [0, 0.1) is 0 Å². The Morgan fingerprint density at radius 3 is 2.11 bits per heavy atom. The molecule has 1 unspecified atom stereocenters. The monoisotopic (exact) mass is 274 g/mol. The third-order valence-electron chi connectivity index (χ3n) is 2.66. The van der Waals surface area contributed by atoms with Gasteiger partial charge >= 0.3 is 8.80 Å². The van der Waals surface area contributed by atoms with Gasteiger partial charge in [0.1, 0.15) is 0 Å². The summed E-state index contributed by atoms with van der Waals surface area (Å²) in [5.41, 5.74) is 0. The highest BCUT2D eigenvalue weighted by molar-refractivity contribution is 6.60. The fraction of sp³-hybridized carbons (Fsp3) is 0.857. The van der Waals surface area contributed by atoms with Gasteiger partial charge in [-0.3, -0.25) is 0 Å². The Bertz CT molecular complexity index is 213. The summed E-state index contributed by atoms with van der Waals surface area (Å²) < 4.78 is 17.6. The maximum Gasteiger partial charge on any atom is 0.501 e. The van der Waals surface area contributed by atoms with Gasteiger partial charge in [0.05, 0.1) is 6.10 Å². The van der Waals surface area contributed by atoms with Gasteiger partial charge in [-0.25, -0.2) is 0 Å². The molecule has 0 aromatic rings. The van der Waals surface area contributed by atoms with E-state index in [0.717, 1.165) is 12.5 Å². The van der Waals surface area contributed by atoms with Crippen molar-refractivity contribution in [2.45, 2.75) is 66.0 Å². The van der Waals surface area contributed by atoms with Gasteiger partial charge in [0.25, 0.3) is 0 Å². The van der Waals surface area contributed by atoms with Crippen molar-refractivity contribution >= 4 is 8.80 Å². The van der Waals surface area contributed by atoms with E-state index in [-0.39, 0.29) is 6.10 Å². The molecule has 18 heavy (non-hydrogen) atoms. The quantitative estimate of drug-likeness (QED) is 0.321. The van der Waals surface area contributed by atoms with E-state index >= 15 is 0 Å². The maximum absolute atomic E-state index is 6.06. The molecule has 0 saturated heterocycles. The van der Waals surface area contributed by atoms with Gasteiger partial charge in [0.15, 0.2) is 0 Å². The van der Waals surface area contributed by atoms with Crippen LogP contribution in [-0.2, 0) is 13.3 Å². The van der Waals surface area contributed by atoms with Crippen LogP contribution in [0.1, 0.15) is 53.9 Å². The molecule has 108 valence electrons. The van der Waals surface area contributed by atoms with Crippen molar-refractivity contribution in [3.63, 3.8) is 0 Å². The lowest BCUT2D eigenvalue weighted by molar-refractivity contribution is 0.0534. The second-order valence-corrected chi connectivity index (χ2v) is 7.18. The summed E-state index contributed by atoms with van der Waals surface area (Å²) in [5.74, 6) is 0. The van der Waals surface area contributed by atoms with Crippen molar-refractivity contribution in [2.75, 3.05) is 13.2 Å². The summed E-state index contributed by atoms with van der Waals surface area (Å²) >= 11 is 0. The minimum atomic E-state index is -2.45. The Morgan fingerprint density at radius 1 is 1.06 bits per heavy atom. The molecule has 4 heteroatoms. The summed E-state index contributed by atoms with van der Waals surface area (Å²) in [4.78, 5) is 0. The van der Waals surface area contributed by atoms with E-state index in [1.807, 2.05) is 13.8 Å². The normalized spacial score (nSPS) is 14.3. The van der Waals surface area contributed by atoms with E-state index in [0.29, 0.717) is 13.2 Å². The Balaban J connectivity index is 4.32. The first kappa shape index (κ1) is 17.8. The highest BCUT2D eigenvalue weighted by atomic mass is 28.4. The van der Waals surface area contributed by atoms with Crippen LogP contribution in [0.2, 0.25) is 6.04 Å². The number of hydrogen-bond donors (Lipinski definition) is 0. The van der Waals surface area contributed by atoms with Crippen LogP contribution in [0.15, 0.2) is 12.2 Å². The smallest absolute Gasteiger partial charge is 0.374 e. The van der Waals surface area contributed by atoms with Crippen LogP contribution in [0.3, 0.4) is 0 Å². The molecule has 0 aliphatic rings. The zero-order valence-corrected chi connectivity index (χ0v) is 13.7. The number of allylic oxidation sites excluding steroid dienone is 1. The van der Waals surface area contributed by atoms with Gasteiger partial charge < -0.3 is 13.3 Å². The fourth-order valence-electron chi connectivity index (χ4n) is 1.77. The van der Waals surface area contributed by atoms with Crippen molar-refractivity contribution in [3.8, 4) is 0 Å². The maximum atomic E-state index is 6.06. The molecule has 0 rings (SSSR count). The van der Waals surface area contributed by atoms with Gasteiger partial charge in [-0.15, -0.1) is 0 Å². The highest BCUT2D eigenvalue weighted by Crippen LogP contribution is 2.18. The van der Waals surface area contributed by atoms with E-state index in [2.05, 4.69) is 32.9 Å².